The van der Waals surface area contributed by atoms with Gasteiger partial charge < -0.3 is 9.80 Å². The predicted molar refractivity (Wildman–Crippen MR) is 127 cm³/mol. The highest BCUT2D eigenvalue weighted by Gasteiger charge is 2.27. The fourth-order valence-electron chi connectivity index (χ4n) is 4.55. The molecule has 2 aliphatic heterocycles. The van der Waals surface area contributed by atoms with E-state index in [9.17, 15) is 4.79 Å². The summed E-state index contributed by atoms with van der Waals surface area (Å²) < 4.78 is 1.88. The first-order chi connectivity index (χ1) is 15.1. The van der Waals surface area contributed by atoms with Crippen LogP contribution in [0.25, 0.3) is 16.5 Å². The van der Waals surface area contributed by atoms with E-state index in [4.69, 9.17) is 0 Å². The number of para-hydroxylation sites is 1. The molecule has 154 valence electrons. The average molecular weight is 409 g/mol. The highest BCUT2D eigenvalue weighted by Crippen LogP contribution is 2.38. The van der Waals surface area contributed by atoms with Crippen LogP contribution in [-0.4, -0.2) is 36.4 Å². The number of nitrogens with zero attached hydrogens (tertiary/aromatic N) is 4. The Morgan fingerprint density at radius 1 is 1.03 bits per heavy atom. The molecule has 3 aromatic rings. The van der Waals surface area contributed by atoms with Crippen LogP contribution in [0.2, 0.25) is 0 Å². The smallest absolute Gasteiger partial charge is 0.264 e. The second-order valence-electron chi connectivity index (χ2n) is 8.04. The molecule has 0 atom stereocenters. The van der Waals surface area contributed by atoms with Crippen LogP contribution in [0.4, 0.5) is 5.69 Å². The molecule has 0 radical (unpaired) electrons. The molecule has 0 N–H and O–H groups in total. The zero-order valence-corrected chi connectivity index (χ0v) is 18.0. The minimum absolute atomic E-state index is 0.00772. The molecule has 2 aromatic carbocycles. The maximum atomic E-state index is 13.9. The topological polar surface area (TPSA) is 40.8 Å². The van der Waals surface area contributed by atoms with Gasteiger partial charge in [0, 0.05) is 66.6 Å². The van der Waals surface area contributed by atoms with Crippen LogP contribution in [-0.2, 0) is 13.0 Å². The summed E-state index contributed by atoms with van der Waals surface area (Å²) in [7, 11) is 4.05. The highest BCUT2D eigenvalue weighted by atomic mass is 16.1. The second-order valence-corrected chi connectivity index (χ2v) is 8.04. The third-order valence-electron chi connectivity index (χ3n) is 5.91. The Morgan fingerprint density at radius 2 is 1.84 bits per heavy atom. The Morgan fingerprint density at radius 3 is 2.58 bits per heavy atom. The number of rotatable bonds is 2. The van der Waals surface area contributed by atoms with Crippen molar-refractivity contribution < 1.29 is 0 Å². The van der Waals surface area contributed by atoms with E-state index in [1.165, 1.54) is 5.56 Å². The zero-order chi connectivity index (χ0) is 21.5. The van der Waals surface area contributed by atoms with Crippen LogP contribution in [0, 0.1) is 11.8 Å². The number of anilines is 1. The van der Waals surface area contributed by atoms with Crippen LogP contribution in [0.5, 0.6) is 0 Å². The largest absolute Gasteiger partial charge is 0.370 e. The van der Waals surface area contributed by atoms with Gasteiger partial charge in [-0.05, 0) is 30.7 Å². The Labute approximate surface area is 181 Å². The quantitative estimate of drug-likeness (QED) is 0.607. The second kappa shape index (κ2) is 7.48. The van der Waals surface area contributed by atoms with Crippen molar-refractivity contribution in [3.8, 4) is 17.5 Å². The van der Waals surface area contributed by atoms with Crippen molar-refractivity contribution in [2.75, 3.05) is 25.7 Å². The molecular formula is C26H24N4O. The number of pyridine rings is 1. The maximum absolute atomic E-state index is 13.9. The van der Waals surface area contributed by atoms with Gasteiger partial charge in [0.2, 0.25) is 0 Å². The molecule has 5 heteroatoms. The first-order valence-electron chi connectivity index (χ1n) is 10.5. The molecule has 0 saturated heterocycles. The SMILES string of the molecule is CCc1c2c3c(ccc(C#CC4=CN(C)CN=C4)c3c(=O)n1-c1ccccc1)N(C)C2. The molecule has 5 rings (SSSR count). The standard InChI is InChI=1S/C26H24N4O/c1-4-22-21-16-29(3)23-13-12-19(11-10-18-14-27-17-28(2)15-18)24(25(21)23)26(31)30(22)20-8-6-5-7-9-20/h5-9,12-15H,4,16-17H2,1-3H3. The number of benzene rings is 2. The predicted octanol–water partition coefficient (Wildman–Crippen LogP) is 3.71. The van der Waals surface area contributed by atoms with Gasteiger partial charge in [0.1, 0.15) is 6.67 Å². The summed E-state index contributed by atoms with van der Waals surface area (Å²) in [6, 6.07) is 14.0. The Hall–Kier alpha value is -3.78. The summed E-state index contributed by atoms with van der Waals surface area (Å²) in [5.74, 6) is 6.47. The molecule has 0 saturated carbocycles. The van der Waals surface area contributed by atoms with Gasteiger partial charge >= 0.3 is 0 Å². The molecule has 0 amide bonds. The van der Waals surface area contributed by atoms with Gasteiger partial charge in [-0.1, -0.05) is 37.0 Å². The van der Waals surface area contributed by atoms with Crippen molar-refractivity contribution in [1.82, 2.24) is 9.47 Å². The summed E-state index contributed by atoms with van der Waals surface area (Å²) in [5.41, 5.74) is 5.88. The lowest BCUT2D eigenvalue weighted by Gasteiger charge is -2.17. The molecule has 3 heterocycles. The lowest BCUT2D eigenvalue weighted by Crippen LogP contribution is -2.24. The lowest BCUT2D eigenvalue weighted by atomic mass is 9.99. The average Bonchev–Trinajstić information content (AvgIpc) is 3.12. The third kappa shape index (κ3) is 3.12. The number of aromatic nitrogens is 1. The molecule has 0 spiro atoms. The Balaban J connectivity index is 1.82. The van der Waals surface area contributed by atoms with E-state index in [0.29, 0.717) is 12.1 Å². The monoisotopic (exact) mass is 408 g/mol. The van der Waals surface area contributed by atoms with Crippen molar-refractivity contribution in [3.63, 3.8) is 0 Å². The molecule has 5 nitrogen and oxygen atoms in total. The molecule has 0 bridgehead atoms. The third-order valence-corrected chi connectivity index (χ3v) is 5.91. The zero-order valence-electron chi connectivity index (χ0n) is 18.0. The van der Waals surface area contributed by atoms with Crippen LogP contribution in [0.3, 0.4) is 0 Å². The van der Waals surface area contributed by atoms with E-state index in [-0.39, 0.29) is 5.56 Å². The van der Waals surface area contributed by atoms with Gasteiger partial charge in [-0.2, -0.15) is 0 Å². The number of allylic oxidation sites excluding steroid dienone is 1. The summed E-state index contributed by atoms with van der Waals surface area (Å²) in [5, 5.41) is 1.75. The summed E-state index contributed by atoms with van der Waals surface area (Å²) in [6.07, 6.45) is 4.55. The summed E-state index contributed by atoms with van der Waals surface area (Å²) >= 11 is 0. The molecule has 31 heavy (non-hydrogen) atoms. The van der Waals surface area contributed by atoms with Gasteiger partial charge in [0.05, 0.1) is 11.0 Å². The van der Waals surface area contributed by atoms with E-state index in [0.717, 1.165) is 46.6 Å². The van der Waals surface area contributed by atoms with Crippen molar-refractivity contribution in [1.29, 1.82) is 0 Å². The van der Waals surface area contributed by atoms with Crippen LogP contribution < -0.4 is 10.5 Å². The molecule has 2 aliphatic rings. The van der Waals surface area contributed by atoms with E-state index in [2.05, 4.69) is 41.8 Å². The van der Waals surface area contributed by atoms with Gasteiger partial charge in [-0.3, -0.25) is 14.4 Å². The Kier molecular flexibility index (Phi) is 4.63. The first-order valence-corrected chi connectivity index (χ1v) is 10.5. The van der Waals surface area contributed by atoms with Crippen molar-refractivity contribution in [2.24, 2.45) is 4.99 Å². The fraction of sp³-hybridized carbons (Fsp3) is 0.231. The minimum atomic E-state index is -0.00772. The number of hydrogen-bond donors (Lipinski definition) is 0. The van der Waals surface area contributed by atoms with Gasteiger partial charge in [-0.25, -0.2) is 0 Å². The number of hydrogen-bond acceptors (Lipinski definition) is 4. The molecule has 0 aliphatic carbocycles. The molecular weight excluding hydrogens is 384 g/mol. The molecule has 1 aromatic heterocycles. The summed E-state index contributed by atoms with van der Waals surface area (Å²) in [4.78, 5) is 22.4. The van der Waals surface area contributed by atoms with Crippen LogP contribution in [0.1, 0.15) is 23.7 Å². The van der Waals surface area contributed by atoms with Gasteiger partial charge in [-0.15, -0.1) is 0 Å². The van der Waals surface area contributed by atoms with E-state index >= 15 is 0 Å². The van der Waals surface area contributed by atoms with Gasteiger partial charge in [0.15, 0.2) is 0 Å². The molecule has 0 unspecified atom stereocenters. The van der Waals surface area contributed by atoms with Crippen molar-refractivity contribution in [3.05, 3.63) is 81.4 Å². The van der Waals surface area contributed by atoms with E-state index < -0.39 is 0 Å². The van der Waals surface area contributed by atoms with Crippen molar-refractivity contribution in [2.45, 2.75) is 19.9 Å². The lowest BCUT2D eigenvalue weighted by molar-refractivity contribution is 0.468. The Bertz CT molecular complexity index is 1370. The number of aliphatic imine (C=N–C) groups is 1. The normalized spacial score (nSPS) is 14.6. The van der Waals surface area contributed by atoms with Gasteiger partial charge in [0.25, 0.3) is 5.56 Å². The van der Waals surface area contributed by atoms with Crippen LogP contribution >= 0.6 is 0 Å². The maximum Gasteiger partial charge on any atom is 0.264 e. The van der Waals surface area contributed by atoms with E-state index in [1.807, 2.05) is 59.1 Å². The highest BCUT2D eigenvalue weighted by molar-refractivity contribution is 6.03. The first kappa shape index (κ1) is 19.2. The van der Waals surface area contributed by atoms with Crippen molar-refractivity contribution >= 4 is 22.7 Å². The summed E-state index contributed by atoms with van der Waals surface area (Å²) in [6.45, 7) is 3.55. The minimum Gasteiger partial charge on any atom is -0.370 e. The fourth-order valence-corrected chi connectivity index (χ4v) is 4.55. The molecule has 0 fully saturated rings. The van der Waals surface area contributed by atoms with E-state index in [1.54, 1.807) is 6.21 Å². The van der Waals surface area contributed by atoms with Crippen LogP contribution in [0.15, 0.2) is 64.0 Å².